The second-order valence-corrected chi connectivity index (χ2v) is 4.53. The van der Waals surface area contributed by atoms with Gasteiger partial charge in [0.05, 0.1) is 16.7 Å². The molecule has 0 aromatic heterocycles. The molecule has 1 aliphatic rings. The summed E-state index contributed by atoms with van der Waals surface area (Å²) in [6, 6.07) is 2.64. The molecule has 7 heteroatoms. The van der Waals surface area contributed by atoms with Crippen LogP contribution in [0.15, 0.2) is 17.8 Å². The Morgan fingerprint density at radius 1 is 1.21 bits per heavy atom. The van der Waals surface area contributed by atoms with E-state index >= 15 is 0 Å². The van der Waals surface area contributed by atoms with E-state index in [1.165, 1.54) is 6.08 Å². The minimum atomic E-state index is -0.556. The fourth-order valence-corrected chi connectivity index (χ4v) is 2.21. The van der Waals surface area contributed by atoms with Gasteiger partial charge in [0.25, 0.3) is 5.91 Å². The molecule has 5 nitrogen and oxygen atoms in total. The molecule has 2 N–H and O–H groups in total. The highest BCUT2D eigenvalue weighted by atomic mass is 35.5. The van der Waals surface area contributed by atoms with E-state index in [9.17, 15) is 9.59 Å². The Hall–Kier alpha value is -1.72. The number of amides is 3. The fraction of sp³-hybridized carbons (Fsp3) is 0.167. The zero-order chi connectivity index (χ0) is 14.0. The van der Waals surface area contributed by atoms with Crippen molar-refractivity contribution < 1.29 is 14.3 Å². The van der Waals surface area contributed by atoms with Gasteiger partial charge in [0.2, 0.25) is 0 Å². The van der Waals surface area contributed by atoms with Crippen LogP contribution in [0, 0.1) is 0 Å². The molecular formula is C12H10Cl2N2O3. The molecule has 2 rings (SSSR count). The number of urea groups is 1. The lowest BCUT2D eigenvalue weighted by molar-refractivity contribution is -0.115. The van der Waals surface area contributed by atoms with Gasteiger partial charge in [-0.2, -0.15) is 0 Å². The van der Waals surface area contributed by atoms with E-state index in [-0.39, 0.29) is 5.70 Å². The number of rotatable bonds is 3. The third kappa shape index (κ3) is 3.00. The van der Waals surface area contributed by atoms with Gasteiger partial charge in [0, 0.05) is 0 Å². The Balaban J connectivity index is 2.35. The molecular weight excluding hydrogens is 291 g/mol. The van der Waals surface area contributed by atoms with Crippen LogP contribution in [0.5, 0.6) is 5.75 Å². The Morgan fingerprint density at radius 2 is 1.84 bits per heavy atom. The molecule has 0 unspecified atom stereocenters. The van der Waals surface area contributed by atoms with Crippen LogP contribution >= 0.6 is 23.2 Å². The first kappa shape index (κ1) is 13.7. The molecule has 0 saturated carbocycles. The first-order chi connectivity index (χ1) is 9.01. The van der Waals surface area contributed by atoms with E-state index in [0.29, 0.717) is 28.0 Å². The minimum Gasteiger partial charge on any atom is -0.491 e. The van der Waals surface area contributed by atoms with Crippen molar-refractivity contribution in [2.24, 2.45) is 0 Å². The highest BCUT2D eigenvalue weighted by Crippen LogP contribution is 2.34. The van der Waals surface area contributed by atoms with Crippen LogP contribution < -0.4 is 15.4 Å². The van der Waals surface area contributed by atoms with Crippen LogP contribution in [-0.4, -0.2) is 18.5 Å². The summed E-state index contributed by atoms with van der Waals surface area (Å²) in [7, 11) is 0. The molecule has 1 fully saturated rings. The van der Waals surface area contributed by atoms with Gasteiger partial charge in [-0.1, -0.05) is 23.2 Å². The topological polar surface area (TPSA) is 67.4 Å². The SMILES string of the molecule is CCOc1c(Cl)cc(/C=C2\NC(=O)NC2=O)cc1Cl. The number of imide groups is 1. The lowest BCUT2D eigenvalue weighted by Gasteiger charge is -2.09. The molecule has 0 atom stereocenters. The maximum atomic E-state index is 11.4. The predicted octanol–water partition coefficient (Wildman–Crippen LogP) is 2.57. The molecule has 1 aliphatic heterocycles. The van der Waals surface area contributed by atoms with E-state index < -0.39 is 11.9 Å². The lowest BCUT2D eigenvalue weighted by Crippen LogP contribution is -2.22. The summed E-state index contributed by atoms with van der Waals surface area (Å²) in [4.78, 5) is 22.3. The standard InChI is InChI=1S/C12H10Cl2N2O3/c1-2-19-10-7(13)3-6(4-8(10)14)5-9-11(17)16-12(18)15-9/h3-5H,2H2,1H3,(H2,15,16,17,18)/b9-5-. The second kappa shape index (κ2) is 5.50. The summed E-state index contributed by atoms with van der Waals surface area (Å²) in [6.07, 6.45) is 1.48. The number of halogens is 2. The van der Waals surface area contributed by atoms with E-state index in [4.69, 9.17) is 27.9 Å². The van der Waals surface area contributed by atoms with Crippen molar-refractivity contribution in [1.29, 1.82) is 0 Å². The van der Waals surface area contributed by atoms with Gasteiger partial charge >= 0.3 is 6.03 Å². The van der Waals surface area contributed by atoms with Crippen molar-refractivity contribution >= 4 is 41.2 Å². The summed E-state index contributed by atoms with van der Waals surface area (Å²) < 4.78 is 5.30. The fourth-order valence-electron chi connectivity index (χ4n) is 1.59. The monoisotopic (exact) mass is 300 g/mol. The summed E-state index contributed by atoms with van der Waals surface area (Å²) in [5, 5.41) is 5.15. The van der Waals surface area contributed by atoms with Crippen molar-refractivity contribution in [2.45, 2.75) is 6.92 Å². The van der Waals surface area contributed by atoms with Gasteiger partial charge in [-0.05, 0) is 30.7 Å². The average molecular weight is 301 g/mol. The Kier molecular flexibility index (Phi) is 3.97. The summed E-state index contributed by atoms with van der Waals surface area (Å²) in [5.74, 6) is -0.0981. The van der Waals surface area contributed by atoms with Gasteiger partial charge < -0.3 is 10.1 Å². The first-order valence-corrected chi connectivity index (χ1v) is 6.22. The number of hydrogen-bond donors (Lipinski definition) is 2. The van der Waals surface area contributed by atoms with Gasteiger partial charge in [-0.25, -0.2) is 4.79 Å². The van der Waals surface area contributed by atoms with Crippen LogP contribution in [-0.2, 0) is 4.79 Å². The van der Waals surface area contributed by atoms with Gasteiger partial charge in [-0.3, -0.25) is 10.1 Å². The predicted molar refractivity (Wildman–Crippen MR) is 72.3 cm³/mol. The molecule has 3 amide bonds. The molecule has 1 saturated heterocycles. The molecule has 0 aliphatic carbocycles. The Morgan fingerprint density at radius 3 is 2.32 bits per heavy atom. The van der Waals surface area contributed by atoms with E-state index in [2.05, 4.69) is 10.6 Å². The number of carbonyl (C=O) groups is 2. The summed E-state index contributed by atoms with van der Waals surface area (Å²) in [5.41, 5.74) is 0.729. The third-order valence-corrected chi connectivity index (χ3v) is 2.90. The number of nitrogens with one attached hydrogen (secondary N) is 2. The summed E-state index contributed by atoms with van der Waals surface area (Å²) in [6.45, 7) is 2.26. The quantitative estimate of drug-likeness (QED) is 0.666. The lowest BCUT2D eigenvalue weighted by atomic mass is 10.2. The molecule has 0 spiro atoms. The van der Waals surface area contributed by atoms with Crippen molar-refractivity contribution in [3.05, 3.63) is 33.4 Å². The van der Waals surface area contributed by atoms with E-state index in [1.807, 2.05) is 6.92 Å². The highest BCUT2D eigenvalue weighted by molar-refractivity contribution is 6.37. The minimum absolute atomic E-state index is 0.140. The Labute approximate surface area is 119 Å². The molecule has 1 aromatic rings. The van der Waals surface area contributed by atoms with Crippen molar-refractivity contribution in [2.75, 3.05) is 6.61 Å². The smallest absolute Gasteiger partial charge is 0.326 e. The Bertz CT molecular complexity index is 561. The van der Waals surface area contributed by atoms with Gasteiger partial charge in [0.15, 0.2) is 5.75 Å². The molecule has 100 valence electrons. The maximum Gasteiger partial charge on any atom is 0.326 e. The number of hydrogen-bond acceptors (Lipinski definition) is 3. The number of ether oxygens (including phenoxy) is 1. The van der Waals surface area contributed by atoms with Crippen LogP contribution in [0.3, 0.4) is 0 Å². The van der Waals surface area contributed by atoms with Crippen molar-refractivity contribution in [1.82, 2.24) is 10.6 Å². The molecule has 1 aromatic carbocycles. The van der Waals surface area contributed by atoms with Crippen LogP contribution in [0.4, 0.5) is 4.79 Å². The molecule has 0 bridgehead atoms. The first-order valence-electron chi connectivity index (χ1n) is 5.47. The molecule has 19 heavy (non-hydrogen) atoms. The molecule has 1 heterocycles. The van der Waals surface area contributed by atoms with Gasteiger partial charge in [0.1, 0.15) is 5.70 Å². The second-order valence-electron chi connectivity index (χ2n) is 3.71. The van der Waals surface area contributed by atoms with Crippen LogP contribution in [0.1, 0.15) is 12.5 Å². The van der Waals surface area contributed by atoms with E-state index in [1.54, 1.807) is 12.1 Å². The van der Waals surface area contributed by atoms with Gasteiger partial charge in [-0.15, -0.1) is 0 Å². The zero-order valence-corrected chi connectivity index (χ0v) is 11.4. The van der Waals surface area contributed by atoms with E-state index in [0.717, 1.165) is 0 Å². The van der Waals surface area contributed by atoms with Crippen LogP contribution in [0.2, 0.25) is 10.0 Å². The highest BCUT2D eigenvalue weighted by Gasteiger charge is 2.23. The normalized spacial score (nSPS) is 16.5. The largest absolute Gasteiger partial charge is 0.491 e. The zero-order valence-electron chi connectivity index (χ0n) is 9.92. The maximum absolute atomic E-state index is 11.4. The van der Waals surface area contributed by atoms with Crippen LogP contribution in [0.25, 0.3) is 6.08 Å². The number of carbonyl (C=O) groups excluding carboxylic acids is 2. The third-order valence-electron chi connectivity index (χ3n) is 2.34. The van der Waals surface area contributed by atoms with Crippen molar-refractivity contribution in [3.63, 3.8) is 0 Å². The summed E-state index contributed by atoms with van der Waals surface area (Å²) >= 11 is 12.1. The average Bonchev–Trinajstić information content (AvgIpc) is 2.62. The van der Waals surface area contributed by atoms with Crippen molar-refractivity contribution in [3.8, 4) is 5.75 Å². The molecule has 0 radical (unpaired) electrons. The number of benzene rings is 1.